The van der Waals surface area contributed by atoms with Gasteiger partial charge in [-0.25, -0.2) is 4.68 Å². The molecular formula is C21H28N6O. The van der Waals surface area contributed by atoms with E-state index in [0.29, 0.717) is 19.1 Å². The molecule has 28 heavy (non-hydrogen) atoms. The number of H-pyrrole nitrogens is 1. The quantitative estimate of drug-likeness (QED) is 0.558. The highest BCUT2D eigenvalue weighted by Gasteiger charge is 2.28. The van der Waals surface area contributed by atoms with Crippen molar-refractivity contribution in [2.24, 2.45) is 5.92 Å². The summed E-state index contributed by atoms with van der Waals surface area (Å²) in [6, 6.07) is 8.59. The molecule has 7 nitrogen and oxygen atoms in total. The van der Waals surface area contributed by atoms with Gasteiger partial charge in [0.05, 0.1) is 19.2 Å². The number of hydrogen-bond acceptors (Lipinski definition) is 5. The summed E-state index contributed by atoms with van der Waals surface area (Å²) in [4.78, 5) is 3.36. The number of hydrogen-bond donors (Lipinski definition) is 2. The molecule has 0 radical (unpaired) electrons. The molecule has 2 heterocycles. The first kappa shape index (κ1) is 18.8. The summed E-state index contributed by atoms with van der Waals surface area (Å²) in [5, 5.41) is 17.5. The van der Waals surface area contributed by atoms with Crippen LogP contribution in [0.15, 0.2) is 42.6 Å². The number of aromatic amines is 1. The number of allylic oxidation sites excluding steroid dienone is 2. The zero-order valence-corrected chi connectivity index (χ0v) is 16.3. The summed E-state index contributed by atoms with van der Waals surface area (Å²) in [5.74, 6) is 1.41. The summed E-state index contributed by atoms with van der Waals surface area (Å²) < 4.78 is 7.10. The number of methoxy groups -OCH3 is 1. The first-order valence-corrected chi connectivity index (χ1v) is 10.0. The SMILES string of the molecule is COCCn1nnnc1[C@H](NCCc1c[nH]c2ccccc12)[C@@H]1CC=CCC1. The Balaban J connectivity index is 1.48. The van der Waals surface area contributed by atoms with E-state index in [4.69, 9.17) is 4.74 Å². The minimum Gasteiger partial charge on any atom is -0.383 e. The molecule has 0 saturated heterocycles. The van der Waals surface area contributed by atoms with Crippen LogP contribution >= 0.6 is 0 Å². The van der Waals surface area contributed by atoms with E-state index < -0.39 is 0 Å². The topological polar surface area (TPSA) is 80.7 Å². The maximum absolute atomic E-state index is 5.21. The van der Waals surface area contributed by atoms with E-state index >= 15 is 0 Å². The fourth-order valence-electron chi connectivity index (χ4n) is 4.06. The van der Waals surface area contributed by atoms with E-state index in [2.05, 4.69) is 68.4 Å². The van der Waals surface area contributed by atoms with Crippen molar-refractivity contribution >= 4 is 10.9 Å². The summed E-state index contributed by atoms with van der Waals surface area (Å²) in [6.07, 6.45) is 11.0. The number of aromatic nitrogens is 5. The first-order valence-electron chi connectivity index (χ1n) is 10.0. The van der Waals surface area contributed by atoms with Crippen LogP contribution in [0.2, 0.25) is 0 Å². The molecule has 1 aliphatic rings. The van der Waals surface area contributed by atoms with Crippen molar-refractivity contribution in [2.75, 3.05) is 20.3 Å². The van der Waals surface area contributed by atoms with Crippen LogP contribution in [-0.4, -0.2) is 45.5 Å². The average Bonchev–Trinajstić information content (AvgIpc) is 3.37. The molecule has 148 valence electrons. The van der Waals surface area contributed by atoms with Gasteiger partial charge in [-0.1, -0.05) is 30.4 Å². The maximum atomic E-state index is 5.21. The van der Waals surface area contributed by atoms with E-state index in [1.165, 1.54) is 16.5 Å². The normalized spacial score (nSPS) is 18.0. The van der Waals surface area contributed by atoms with E-state index in [-0.39, 0.29) is 6.04 Å². The number of benzene rings is 1. The van der Waals surface area contributed by atoms with Gasteiger partial charge in [0.15, 0.2) is 5.82 Å². The van der Waals surface area contributed by atoms with Crippen molar-refractivity contribution in [3.8, 4) is 0 Å². The molecule has 0 spiro atoms. The summed E-state index contributed by atoms with van der Waals surface area (Å²) in [5.41, 5.74) is 2.53. The van der Waals surface area contributed by atoms with Crippen LogP contribution in [-0.2, 0) is 17.7 Å². The molecule has 0 saturated carbocycles. The Labute approximate surface area is 165 Å². The van der Waals surface area contributed by atoms with Crippen molar-refractivity contribution in [1.82, 2.24) is 30.5 Å². The molecule has 4 rings (SSSR count). The second kappa shape index (κ2) is 9.12. The Kier molecular flexibility index (Phi) is 6.14. The van der Waals surface area contributed by atoms with Gasteiger partial charge in [0.25, 0.3) is 0 Å². The third kappa shape index (κ3) is 4.15. The fraction of sp³-hybridized carbons (Fsp3) is 0.476. The molecule has 0 fully saturated rings. The molecule has 1 aromatic carbocycles. The van der Waals surface area contributed by atoms with Crippen LogP contribution in [0.5, 0.6) is 0 Å². The highest BCUT2D eigenvalue weighted by atomic mass is 16.5. The third-order valence-corrected chi connectivity index (χ3v) is 5.56. The minimum atomic E-state index is 0.141. The molecule has 2 N–H and O–H groups in total. The van der Waals surface area contributed by atoms with Gasteiger partial charge in [0.1, 0.15) is 0 Å². The van der Waals surface area contributed by atoms with Crippen LogP contribution in [0, 0.1) is 5.92 Å². The second-order valence-corrected chi connectivity index (χ2v) is 7.34. The molecule has 0 unspecified atom stereocenters. The number of rotatable bonds is 9. The smallest absolute Gasteiger partial charge is 0.168 e. The molecule has 0 bridgehead atoms. The molecule has 2 atom stereocenters. The van der Waals surface area contributed by atoms with Crippen molar-refractivity contribution in [2.45, 2.75) is 38.3 Å². The predicted molar refractivity (Wildman–Crippen MR) is 109 cm³/mol. The number of para-hydroxylation sites is 1. The van der Waals surface area contributed by atoms with Crippen LogP contribution in [0.1, 0.15) is 36.7 Å². The maximum Gasteiger partial charge on any atom is 0.168 e. The standard InChI is InChI=1S/C21H28N6O/c1-28-14-13-27-21(24-25-26-27)20(16-7-3-2-4-8-16)22-12-11-17-15-23-19-10-6-5-9-18(17)19/h2-3,5-6,9-10,15-16,20,22-23H,4,7-8,11-14H2,1H3/t16-,20-/m1/s1. The van der Waals surface area contributed by atoms with Crippen molar-refractivity contribution in [3.63, 3.8) is 0 Å². The fourth-order valence-corrected chi connectivity index (χ4v) is 4.06. The molecular weight excluding hydrogens is 352 g/mol. The predicted octanol–water partition coefficient (Wildman–Crippen LogP) is 3.03. The molecule has 3 aromatic rings. The summed E-state index contributed by atoms with van der Waals surface area (Å²) in [6.45, 7) is 2.15. The van der Waals surface area contributed by atoms with Crippen molar-refractivity contribution < 1.29 is 4.74 Å². The average molecular weight is 380 g/mol. The van der Waals surface area contributed by atoms with E-state index in [1.54, 1.807) is 7.11 Å². The zero-order chi connectivity index (χ0) is 19.2. The Hall–Kier alpha value is -2.51. The molecule has 0 amide bonds. The van der Waals surface area contributed by atoms with Gasteiger partial charge in [0, 0.05) is 24.2 Å². The van der Waals surface area contributed by atoms with Crippen molar-refractivity contribution in [1.29, 1.82) is 0 Å². The Morgan fingerprint density at radius 1 is 1.32 bits per heavy atom. The van der Waals surface area contributed by atoms with E-state index in [9.17, 15) is 0 Å². The molecule has 0 aliphatic heterocycles. The molecule has 1 aliphatic carbocycles. The van der Waals surface area contributed by atoms with Crippen LogP contribution in [0.25, 0.3) is 10.9 Å². The van der Waals surface area contributed by atoms with Crippen LogP contribution < -0.4 is 5.32 Å². The Morgan fingerprint density at radius 3 is 3.11 bits per heavy atom. The lowest BCUT2D eigenvalue weighted by atomic mass is 9.87. The third-order valence-electron chi connectivity index (χ3n) is 5.56. The number of nitrogens with zero attached hydrogens (tertiary/aromatic N) is 4. The van der Waals surface area contributed by atoms with Crippen LogP contribution in [0.3, 0.4) is 0 Å². The van der Waals surface area contributed by atoms with Crippen molar-refractivity contribution in [3.05, 3.63) is 54.0 Å². The lowest BCUT2D eigenvalue weighted by Gasteiger charge is -2.28. The highest BCUT2D eigenvalue weighted by molar-refractivity contribution is 5.83. The first-order chi connectivity index (χ1) is 13.9. The Bertz CT molecular complexity index is 914. The number of tetrazole rings is 1. The number of fused-ring (bicyclic) bond motifs is 1. The summed E-state index contributed by atoms with van der Waals surface area (Å²) >= 11 is 0. The van der Waals surface area contributed by atoms with Gasteiger partial charge in [0.2, 0.25) is 0 Å². The van der Waals surface area contributed by atoms with Gasteiger partial charge in [-0.3, -0.25) is 0 Å². The molecule has 7 heteroatoms. The minimum absolute atomic E-state index is 0.141. The number of ether oxygens (including phenoxy) is 1. The van der Waals surface area contributed by atoms with Crippen LogP contribution in [0.4, 0.5) is 0 Å². The van der Waals surface area contributed by atoms with Gasteiger partial charge in [-0.15, -0.1) is 5.10 Å². The number of nitrogens with one attached hydrogen (secondary N) is 2. The van der Waals surface area contributed by atoms with Gasteiger partial charge in [-0.2, -0.15) is 0 Å². The molecule has 2 aromatic heterocycles. The van der Waals surface area contributed by atoms with Gasteiger partial charge >= 0.3 is 0 Å². The lowest BCUT2D eigenvalue weighted by Crippen LogP contribution is -2.33. The van der Waals surface area contributed by atoms with E-state index in [1.807, 2.05) is 4.68 Å². The lowest BCUT2D eigenvalue weighted by molar-refractivity contribution is 0.179. The highest BCUT2D eigenvalue weighted by Crippen LogP contribution is 2.30. The Morgan fingerprint density at radius 2 is 2.25 bits per heavy atom. The largest absolute Gasteiger partial charge is 0.383 e. The second-order valence-electron chi connectivity index (χ2n) is 7.34. The monoisotopic (exact) mass is 380 g/mol. The zero-order valence-electron chi connectivity index (χ0n) is 16.3. The van der Waals surface area contributed by atoms with Gasteiger partial charge < -0.3 is 15.0 Å². The summed E-state index contributed by atoms with van der Waals surface area (Å²) in [7, 11) is 1.70. The van der Waals surface area contributed by atoms with Gasteiger partial charge in [-0.05, 0) is 60.2 Å². The van der Waals surface area contributed by atoms with E-state index in [0.717, 1.165) is 38.1 Å².